The Balaban J connectivity index is 1.75. The van der Waals surface area contributed by atoms with Crippen LogP contribution >= 0.6 is 23.8 Å². The normalized spacial score (nSPS) is 23.1. The molecule has 146 valence electrons. The average molecular weight is 429 g/mol. The fourth-order valence-corrected chi connectivity index (χ4v) is 5.55. The van der Waals surface area contributed by atoms with Gasteiger partial charge in [0.15, 0.2) is 5.78 Å². The number of para-hydroxylation sites is 1. The number of carbonyl (C=O) groups excluding carboxylic acids is 1. The Labute approximate surface area is 185 Å². The topological polar surface area (TPSA) is 44.1 Å². The number of Topliss-reactive ketones (excluding diaryl/α,β-unsaturated/α-hetero) is 1. The van der Waals surface area contributed by atoms with Crippen molar-refractivity contribution in [3.63, 3.8) is 0 Å². The van der Waals surface area contributed by atoms with Gasteiger partial charge in [0.2, 0.25) is 0 Å². The molecule has 0 N–H and O–H groups in total. The molecule has 0 aromatic heterocycles. The maximum Gasteiger partial charge on any atom is 0.177 e. The molecule has 0 saturated carbocycles. The summed E-state index contributed by atoms with van der Waals surface area (Å²) in [5.41, 5.74) is 2.22. The second-order valence-electron chi connectivity index (χ2n) is 7.73. The summed E-state index contributed by atoms with van der Waals surface area (Å²) in [5, 5.41) is 10.8. The van der Waals surface area contributed by atoms with Crippen LogP contribution in [0.3, 0.4) is 0 Å². The zero-order valence-corrected chi connectivity index (χ0v) is 17.5. The molecule has 1 heterocycles. The van der Waals surface area contributed by atoms with E-state index in [1.807, 2.05) is 66.7 Å². The Hall–Kier alpha value is -3.00. The molecule has 0 radical (unpaired) electrons. The van der Waals surface area contributed by atoms with Crippen LogP contribution in [0.5, 0.6) is 0 Å². The molecule has 3 aromatic carbocycles. The van der Waals surface area contributed by atoms with Crippen molar-refractivity contribution < 1.29 is 4.79 Å². The van der Waals surface area contributed by atoms with E-state index in [2.05, 4.69) is 11.0 Å². The number of halogens is 1. The van der Waals surface area contributed by atoms with Gasteiger partial charge in [0.05, 0.1) is 23.0 Å². The summed E-state index contributed by atoms with van der Waals surface area (Å²) in [7, 11) is 0. The second kappa shape index (κ2) is 7.05. The Morgan fingerprint density at radius 2 is 1.70 bits per heavy atom. The lowest BCUT2D eigenvalue weighted by molar-refractivity contribution is 0.0843. The molecule has 1 unspecified atom stereocenters. The lowest BCUT2D eigenvalue weighted by atomic mass is 9.63. The molecule has 30 heavy (non-hydrogen) atoms. The number of hydrogen-bond donors (Lipinski definition) is 0. The fraction of sp³-hybridized carbons (Fsp3) is 0.160. The SMILES string of the molecule is N#CC(c1ccc(Cl)cc1)[C@@]12C[C@@H](c3ccccc3C1=O)N(c1ccccc1)C2=S. The van der Waals surface area contributed by atoms with Crippen molar-refractivity contribution in [3.8, 4) is 6.07 Å². The van der Waals surface area contributed by atoms with Crippen molar-refractivity contribution in [1.82, 2.24) is 0 Å². The largest absolute Gasteiger partial charge is 0.328 e. The summed E-state index contributed by atoms with van der Waals surface area (Å²) < 4.78 is 0. The highest BCUT2D eigenvalue weighted by atomic mass is 35.5. The van der Waals surface area contributed by atoms with Gasteiger partial charge in [0.1, 0.15) is 5.41 Å². The van der Waals surface area contributed by atoms with Gasteiger partial charge in [-0.1, -0.05) is 78.4 Å². The first-order valence-electron chi connectivity index (χ1n) is 9.75. The number of fused-ring (bicyclic) bond motifs is 4. The lowest BCUT2D eigenvalue weighted by Crippen LogP contribution is -2.43. The number of nitriles is 1. The highest BCUT2D eigenvalue weighted by Crippen LogP contribution is 2.59. The number of hydrogen-bond acceptors (Lipinski definition) is 3. The van der Waals surface area contributed by atoms with Crippen LogP contribution in [0.25, 0.3) is 0 Å². The van der Waals surface area contributed by atoms with E-state index < -0.39 is 11.3 Å². The van der Waals surface area contributed by atoms with Gasteiger partial charge in [-0.2, -0.15) is 5.26 Å². The van der Waals surface area contributed by atoms with E-state index in [9.17, 15) is 10.1 Å². The standard InChI is InChI=1S/C25H17ClN2OS/c26-17-12-10-16(11-13-17)21(15-27)25-14-22(19-8-4-5-9-20(19)23(25)29)28(24(25)30)18-6-2-1-3-7-18/h1-13,21-22H,14H2/t21?,22-,25-/m0/s1. The van der Waals surface area contributed by atoms with Crippen molar-refractivity contribution in [3.05, 3.63) is 101 Å². The van der Waals surface area contributed by atoms with Crippen LogP contribution in [0.1, 0.15) is 39.9 Å². The van der Waals surface area contributed by atoms with Gasteiger partial charge in [-0.25, -0.2) is 0 Å². The van der Waals surface area contributed by atoms with Crippen molar-refractivity contribution >= 4 is 40.3 Å². The number of benzene rings is 3. The van der Waals surface area contributed by atoms with E-state index in [-0.39, 0.29) is 11.8 Å². The Morgan fingerprint density at radius 3 is 2.40 bits per heavy atom. The van der Waals surface area contributed by atoms with E-state index in [0.717, 1.165) is 16.8 Å². The first-order valence-corrected chi connectivity index (χ1v) is 10.5. The second-order valence-corrected chi connectivity index (χ2v) is 8.56. The highest BCUT2D eigenvalue weighted by Gasteiger charge is 2.62. The smallest absolute Gasteiger partial charge is 0.177 e. The number of anilines is 1. The molecule has 5 rings (SSSR count). The molecule has 1 fully saturated rings. The van der Waals surface area contributed by atoms with Gasteiger partial charge in [0, 0.05) is 16.3 Å². The number of rotatable bonds is 3. The molecule has 3 atom stereocenters. The molecular formula is C25H17ClN2OS. The molecule has 3 nitrogen and oxygen atoms in total. The van der Waals surface area contributed by atoms with Gasteiger partial charge in [-0.15, -0.1) is 0 Å². The Kier molecular flexibility index (Phi) is 4.47. The summed E-state index contributed by atoms with van der Waals surface area (Å²) in [4.78, 5) is 16.5. The average Bonchev–Trinajstić information content (AvgIpc) is 3.05. The van der Waals surface area contributed by atoms with Crippen molar-refractivity contribution in [2.24, 2.45) is 5.41 Å². The molecule has 1 saturated heterocycles. The highest BCUT2D eigenvalue weighted by molar-refractivity contribution is 7.80. The lowest BCUT2D eigenvalue weighted by Gasteiger charge is -2.34. The van der Waals surface area contributed by atoms with Gasteiger partial charge in [-0.05, 0) is 41.8 Å². The fourth-order valence-electron chi connectivity index (χ4n) is 4.90. The third-order valence-corrected chi connectivity index (χ3v) is 7.07. The van der Waals surface area contributed by atoms with Crippen LogP contribution in [0.15, 0.2) is 78.9 Å². The minimum Gasteiger partial charge on any atom is -0.328 e. The molecule has 0 spiro atoms. The van der Waals surface area contributed by atoms with Gasteiger partial charge >= 0.3 is 0 Å². The number of thiocarbonyl (C=S) groups is 1. The van der Waals surface area contributed by atoms with Gasteiger partial charge in [-0.3, -0.25) is 4.79 Å². The maximum atomic E-state index is 13.9. The predicted molar refractivity (Wildman–Crippen MR) is 122 cm³/mol. The molecule has 2 bridgehead atoms. The summed E-state index contributed by atoms with van der Waals surface area (Å²) in [6.45, 7) is 0. The van der Waals surface area contributed by atoms with E-state index >= 15 is 0 Å². The Morgan fingerprint density at radius 1 is 1.03 bits per heavy atom. The van der Waals surface area contributed by atoms with Crippen molar-refractivity contribution in [1.29, 1.82) is 5.26 Å². The molecule has 1 aliphatic carbocycles. The quantitative estimate of drug-likeness (QED) is 0.472. The number of ketones is 1. The van der Waals surface area contributed by atoms with E-state index in [1.54, 1.807) is 12.1 Å². The summed E-state index contributed by atoms with van der Waals surface area (Å²) >= 11 is 12.1. The first-order chi connectivity index (χ1) is 14.6. The molecule has 0 amide bonds. The maximum absolute atomic E-state index is 13.9. The van der Waals surface area contributed by atoms with E-state index in [0.29, 0.717) is 22.0 Å². The van der Waals surface area contributed by atoms with Crippen molar-refractivity contribution in [2.45, 2.75) is 18.4 Å². The Bertz CT molecular complexity index is 1200. The molecule has 5 heteroatoms. The first kappa shape index (κ1) is 19.0. The van der Waals surface area contributed by atoms with Gasteiger partial charge in [0.25, 0.3) is 0 Å². The minimum absolute atomic E-state index is 0.0701. The third kappa shape index (κ3) is 2.56. The molecule has 2 aliphatic rings. The van der Waals surface area contributed by atoms with Crippen LogP contribution in [0, 0.1) is 16.7 Å². The van der Waals surface area contributed by atoms with Gasteiger partial charge < -0.3 is 4.90 Å². The van der Waals surface area contributed by atoms with E-state index in [1.165, 1.54) is 0 Å². The molecular weight excluding hydrogens is 412 g/mol. The third-order valence-electron chi connectivity index (χ3n) is 6.26. The minimum atomic E-state index is -1.09. The number of nitrogens with zero attached hydrogens (tertiary/aromatic N) is 2. The van der Waals surface area contributed by atoms with Crippen LogP contribution in [0.4, 0.5) is 5.69 Å². The zero-order chi connectivity index (χ0) is 20.9. The summed E-state index contributed by atoms with van der Waals surface area (Å²) in [6, 6.07) is 27.0. The number of carbonyl (C=O) groups is 1. The summed E-state index contributed by atoms with van der Waals surface area (Å²) in [6.07, 6.45) is 0.484. The monoisotopic (exact) mass is 428 g/mol. The predicted octanol–water partition coefficient (Wildman–Crippen LogP) is 6.11. The zero-order valence-electron chi connectivity index (χ0n) is 16.0. The summed E-state index contributed by atoms with van der Waals surface area (Å²) in [5.74, 6) is -0.765. The van der Waals surface area contributed by atoms with Crippen LogP contribution in [-0.2, 0) is 0 Å². The van der Waals surface area contributed by atoms with Crippen LogP contribution < -0.4 is 4.90 Å². The molecule has 3 aromatic rings. The van der Waals surface area contributed by atoms with E-state index in [4.69, 9.17) is 23.8 Å². The molecule has 1 aliphatic heterocycles. The van der Waals surface area contributed by atoms with Crippen LogP contribution in [-0.4, -0.2) is 10.8 Å². The van der Waals surface area contributed by atoms with Crippen molar-refractivity contribution in [2.75, 3.05) is 4.90 Å². The van der Waals surface area contributed by atoms with Crippen LogP contribution in [0.2, 0.25) is 5.02 Å².